The second-order valence-electron chi connectivity index (χ2n) is 9.16. The zero-order valence-corrected chi connectivity index (χ0v) is 15.0. The monoisotopic (exact) mass is 318 g/mol. The average Bonchev–Trinajstić information content (AvgIpc) is 3.03. The summed E-state index contributed by atoms with van der Waals surface area (Å²) in [7, 11) is 0. The molecular formula is C24H30. The first-order valence-corrected chi connectivity index (χ1v) is 10.2. The highest BCUT2D eigenvalue weighted by atomic mass is 14.6. The minimum absolute atomic E-state index is 0.676. The fraction of sp³-hybridized carbons (Fsp3) is 0.583. The molecule has 0 heteroatoms. The Morgan fingerprint density at radius 3 is 2.67 bits per heavy atom. The third kappa shape index (κ3) is 2.18. The molecule has 1 aromatic rings. The van der Waals surface area contributed by atoms with Gasteiger partial charge in [-0.2, -0.15) is 0 Å². The molecule has 0 radical (unpaired) electrons. The second-order valence-corrected chi connectivity index (χ2v) is 9.16. The average molecular weight is 319 g/mol. The van der Waals surface area contributed by atoms with Crippen molar-refractivity contribution >= 4 is 5.57 Å². The van der Waals surface area contributed by atoms with Gasteiger partial charge in [0.1, 0.15) is 0 Å². The third-order valence-corrected chi connectivity index (χ3v) is 8.13. The predicted octanol–water partition coefficient (Wildman–Crippen LogP) is 6.50. The highest BCUT2D eigenvalue weighted by molar-refractivity contribution is 5.71. The lowest BCUT2D eigenvalue weighted by molar-refractivity contribution is -0.0129. The van der Waals surface area contributed by atoms with Crippen LogP contribution in [0.1, 0.15) is 57.4 Å². The van der Waals surface area contributed by atoms with Crippen molar-refractivity contribution in [2.45, 2.75) is 51.9 Å². The van der Waals surface area contributed by atoms with Gasteiger partial charge in [-0.05, 0) is 84.7 Å². The first kappa shape index (κ1) is 15.0. The molecule has 5 rings (SSSR count). The number of hydrogen-bond acceptors (Lipinski definition) is 0. The van der Waals surface area contributed by atoms with Gasteiger partial charge >= 0.3 is 0 Å². The predicted molar refractivity (Wildman–Crippen MR) is 101 cm³/mol. The molecule has 0 spiro atoms. The fourth-order valence-electron chi connectivity index (χ4n) is 7.06. The molecule has 0 amide bonds. The lowest BCUT2D eigenvalue weighted by Crippen LogP contribution is -2.46. The third-order valence-electron chi connectivity index (χ3n) is 8.13. The van der Waals surface area contributed by atoms with Gasteiger partial charge in [0.2, 0.25) is 0 Å². The van der Waals surface area contributed by atoms with E-state index in [1.165, 1.54) is 50.5 Å². The summed E-state index contributed by atoms with van der Waals surface area (Å²) in [6.45, 7) is 2.61. The van der Waals surface area contributed by atoms with E-state index < -0.39 is 0 Å². The molecule has 126 valence electrons. The van der Waals surface area contributed by atoms with Crippen molar-refractivity contribution in [3.05, 3.63) is 54.1 Å². The molecule has 0 nitrogen and oxygen atoms in total. The molecule has 3 saturated carbocycles. The van der Waals surface area contributed by atoms with E-state index >= 15 is 0 Å². The van der Waals surface area contributed by atoms with Gasteiger partial charge in [-0.15, -0.1) is 0 Å². The lowest BCUT2D eigenvalue weighted by atomic mass is 9.51. The van der Waals surface area contributed by atoms with Gasteiger partial charge < -0.3 is 0 Å². The van der Waals surface area contributed by atoms with Gasteiger partial charge in [0.15, 0.2) is 0 Å². The molecule has 24 heavy (non-hydrogen) atoms. The summed E-state index contributed by atoms with van der Waals surface area (Å²) in [5.74, 6) is 4.50. The summed E-state index contributed by atoms with van der Waals surface area (Å²) in [4.78, 5) is 0. The molecule has 1 aromatic carbocycles. The van der Waals surface area contributed by atoms with Crippen LogP contribution in [0.25, 0.3) is 5.57 Å². The quantitative estimate of drug-likeness (QED) is 0.554. The minimum Gasteiger partial charge on any atom is -0.0808 e. The molecule has 4 aliphatic carbocycles. The van der Waals surface area contributed by atoms with Crippen LogP contribution in [0.15, 0.2) is 48.6 Å². The van der Waals surface area contributed by atoms with Crippen molar-refractivity contribution in [1.82, 2.24) is 0 Å². The lowest BCUT2D eigenvalue weighted by Gasteiger charge is -2.54. The maximum absolute atomic E-state index is 2.61. The zero-order valence-electron chi connectivity index (χ0n) is 15.0. The molecule has 0 aliphatic heterocycles. The molecular weight excluding hydrogens is 288 g/mol. The number of rotatable bonds is 1. The van der Waals surface area contributed by atoms with Crippen LogP contribution in [0.2, 0.25) is 0 Å². The molecule has 1 unspecified atom stereocenters. The Balaban J connectivity index is 1.51. The van der Waals surface area contributed by atoms with E-state index in [4.69, 9.17) is 0 Å². The number of allylic oxidation sites excluding steroid dienone is 4. The summed E-state index contributed by atoms with van der Waals surface area (Å²) >= 11 is 0. The van der Waals surface area contributed by atoms with Gasteiger partial charge in [0.05, 0.1) is 0 Å². The standard InChI is InChI=1S/C24H30/c1-24-15-6-11-22(24)20-13-12-18-9-5-10-19(17-7-3-2-4-8-17)23(18)21(20)14-16-24/h2-5,7-10,18,20-23H,6,11-16H2,1H3/t18?,20-,21+,22+,23-,24+/m1/s1. The van der Waals surface area contributed by atoms with Crippen molar-refractivity contribution in [2.75, 3.05) is 0 Å². The molecule has 0 saturated heterocycles. The molecule has 6 atom stereocenters. The number of benzene rings is 1. The van der Waals surface area contributed by atoms with Crippen LogP contribution in [-0.2, 0) is 0 Å². The van der Waals surface area contributed by atoms with Gasteiger partial charge in [0.25, 0.3) is 0 Å². The van der Waals surface area contributed by atoms with Crippen LogP contribution in [0.3, 0.4) is 0 Å². The highest BCUT2D eigenvalue weighted by Gasteiger charge is 2.53. The first-order chi connectivity index (χ1) is 11.8. The summed E-state index contributed by atoms with van der Waals surface area (Å²) < 4.78 is 0. The van der Waals surface area contributed by atoms with Crippen molar-refractivity contribution in [1.29, 1.82) is 0 Å². The largest absolute Gasteiger partial charge is 0.0808 e. The Kier molecular flexibility index (Phi) is 3.51. The van der Waals surface area contributed by atoms with Crippen molar-refractivity contribution in [3.63, 3.8) is 0 Å². The molecule has 0 heterocycles. The molecule has 0 bridgehead atoms. The number of fused-ring (bicyclic) bond motifs is 5. The van der Waals surface area contributed by atoms with Gasteiger partial charge in [-0.3, -0.25) is 0 Å². The summed E-state index contributed by atoms with van der Waals surface area (Å²) in [5.41, 5.74) is 3.78. The normalized spacial score (nSPS) is 43.5. The Morgan fingerprint density at radius 2 is 1.79 bits per heavy atom. The van der Waals surface area contributed by atoms with Crippen LogP contribution in [-0.4, -0.2) is 0 Å². The van der Waals surface area contributed by atoms with E-state index in [2.05, 4.69) is 55.5 Å². The maximum Gasteiger partial charge on any atom is -0.00619 e. The summed E-state index contributed by atoms with van der Waals surface area (Å²) in [6.07, 6.45) is 17.6. The fourth-order valence-corrected chi connectivity index (χ4v) is 7.06. The molecule has 0 N–H and O–H groups in total. The van der Waals surface area contributed by atoms with E-state index in [-0.39, 0.29) is 0 Å². The summed E-state index contributed by atoms with van der Waals surface area (Å²) in [5, 5.41) is 0. The topological polar surface area (TPSA) is 0 Å². The van der Waals surface area contributed by atoms with E-state index in [0.29, 0.717) is 5.41 Å². The van der Waals surface area contributed by atoms with Crippen molar-refractivity contribution in [3.8, 4) is 0 Å². The molecule has 3 fully saturated rings. The Morgan fingerprint density at radius 1 is 0.917 bits per heavy atom. The van der Waals surface area contributed by atoms with Crippen LogP contribution < -0.4 is 0 Å². The van der Waals surface area contributed by atoms with Crippen LogP contribution in [0.4, 0.5) is 0 Å². The van der Waals surface area contributed by atoms with Gasteiger partial charge in [-0.25, -0.2) is 0 Å². The van der Waals surface area contributed by atoms with E-state index in [1.807, 2.05) is 0 Å². The van der Waals surface area contributed by atoms with Crippen LogP contribution >= 0.6 is 0 Å². The zero-order chi connectivity index (χ0) is 16.1. The second kappa shape index (κ2) is 5.61. The Labute approximate surface area is 147 Å². The van der Waals surface area contributed by atoms with Crippen molar-refractivity contribution < 1.29 is 0 Å². The van der Waals surface area contributed by atoms with Crippen LogP contribution in [0, 0.1) is 35.0 Å². The summed E-state index contributed by atoms with van der Waals surface area (Å²) in [6, 6.07) is 11.2. The van der Waals surface area contributed by atoms with E-state index in [1.54, 1.807) is 5.57 Å². The highest BCUT2D eigenvalue weighted by Crippen LogP contribution is 2.62. The SMILES string of the molecule is C[C@@]12CCC[C@H]1[C@@H]1CCC3C=CC=C(c4ccccc4)[C@@H]3[C@H]1CC2. The van der Waals surface area contributed by atoms with Crippen LogP contribution in [0.5, 0.6) is 0 Å². The Hall–Kier alpha value is -1.30. The van der Waals surface area contributed by atoms with Crippen molar-refractivity contribution in [2.24, 2.45) is 35.0 Å². The van der Waals surface area contributed by atoms with Gasteiger partial charge in [0, 0.05) is 0 Å². The smallest absolute Gasteiger partial charge is 0.00619 e. The minimum atomic E-state index is 0.676. The van der Waals surface area contributed by atoms with E-state index in [0.717, 1.165) is 29.6 Å². The number of hydrogen-bond donors (Lipinski definition) is 0. The maximum atomic E-state index is 2.61. The van der Waals surface area contributed by atoms with Gasteiger partial charge in [-0.1, -0.05) is 61.9 Å². The first-order valence-electron chi connectivity index (χ1n) is 10.2. The Bertz CT molecular complexity index is 667. The molecule has 4 aliphatic rings. The molecule has 0 aromatic heterocycles. The van der Waals surface area contributed by atoms with E-state index in [9.17, 15) is 0 Å².